The molecule has 1 aliphatic heterocycles. The zero-order chi connectivity index (χ0) is 31.5. The quantitative estimate of drug-likeness (QED) is 0.320. The van der Waals surface area contributed by atoms with Crippen LogP contribution in [0.5, 0.6) is 5.75 Å². The number of hydrogen-bond donors (Lipinski definition) is 3. The number of ether oxygens (including phenoxy) is 1. The first-order valence-electron chi connectivity index (χ1n) is 13.2. The Morgan fingerprint density at radius 2 is 1.86 bits per heavy atom. The number of carbonyl (C=O) groups is 2. The van der Waals surface area contributed by atoms with Crippen LogP contribution in [-0.4, -0.2) is 73.6 Å². The van der Waals surface area contributed by atoms with Gasteiger partial charge in [0.15, 0.2) is 5.75 Å². The third-order valence-corrected chi connectivity index (χ3v) is 10.2. The van der Waals surface area contributed by atoms with Crippen LogP contribution < -0.4 is 15.4 Å². The predicted octanol–water partition coefficient (Wildman–Crippen LogP) is 4.95. The van der Waals surface area contributed by atoms with Crippen LogP contribution in [-0.2, 0) is 16.2 Å². The van der Waals surface area contributed by atoms with Gasteiger partial charge < -0.3 is 25.4 Å². The van der Waals surface area contributed by atoms with Crippen molar-refractivity contribution in [1.29, 1.82) is 0 Å². The number of halogens is 3. The molecular formula is C28H31F3N4O6S2. The van der Waals surface area contributed by atoms with E-state index in [1.165, 1.54) is 36.2 Å². The molecule has 0 bridgehead atoms. The van der Waals surface area contributed by atoms with E-state index in [1.54, 1.807) is 25.3 Å². The summed E-state index contributed by atoms with van der Waals surface area (Å²) < 4.78 is 72.7. The number of nitrogens with zero attached hydrogens (tertiary/aromatic N) is 2. The number of benzene rings is 2. The number of amides is 3. The number of rotatable bonds is 8. The van der Waals surface area contributed by atoms with Gasteiger partial charge >= 0.3 is 12.2 Å². The highest BCUT2D eigenvalue weighted by Crippen LogP contribution is 2.36. The van der Waals surface area contributed by atoms with Crippen molar-refractivity contribution in [3.8, 4) is 5.75 Å². The third kappa shape index (κ3) is 7.29. The summed E-state index contributed by atoms with van der Waals surface area (Å²) in [6.45, 7) is 3.21. The van der Waals surface area contributed by atoms with Gasteiger partial charge in [0.1, 0.15) is 10.3 Å². The molecule has 0 radical (unpaired) electrons. The molecule has 0 fully saturated rings. The van der Waals surface area contributed by atoms with Crippen LogP contribution >= 0.6 is 11.3 Å². The SMILES string of the molecule is C[C@@H]1CN([C@H](C)CO)C(=O)c2cccc(NC(=O)Nc3ccc(C(F)(F)F)cc3)c2O[C@@H]1CN(C)S(=O)(=O)c1cccs1. The molecule has 0 saturated carbocycles. The van der Waals surface area contributed by atoms with Crippen molar-refractivity contribution in [2.45, 2.75) is 36.4 Å². The van der Waals surface area contributed by atoms with E-state index in [0.29, 0.717) is 0 Å². The average molecular weight is 641 g/mol. The Bertz CT molecular complexity index is 1550. The number of carbonyl (C=O) groups excluding carboxylic acids is 2. The van der Waals surface area contributed by atoms with Gasteiger partial charge in [0.05, 0.1) is 36.0 Å². The first kappa shape index (κ1) is 32.3. The zero-order valence-electron chi connectivity index (χ0n) is 23.5. The maximum Gasteiger partial charge on any atom is 0.416 e. The number of sulfonamides is 1. The lowest BCUT2D eigenvalue weighted by molar-refractivity contribution is -0.137. The minimum absolute atomic E-state index is 0.0105. The van der Waals surface area contributed by atoms with Gasteiger partial charge in [-0.05, 0) is 54.8 Å². The molecule has 232 valence electrons. The summed E-state index contributed by atoms with van der Waals surface area (Å²) in [5, 5.41) is 16.5. The Labute approximate surface area is 251 Å². The molecule has 3 aromatic rings. The topological polar surface area (TPSA) is 128 Å². The van der Waals surface area contributed by atoms with Crippen molar-refractivity contribution in [2.75, 3.05) is 37.4 Å². The highest BCUT2D eigenvalue weighted by Gasteiger charge is 2.36. The fourth-order valence-corrected chi connectivity index (χ4v) is 6.89. The number of nitrogens with one attached hydrogen (secondary N) is 2. The first-order valence-corrected chi connectivity index (χ1v) is 15.5. The van der Waals surface area contributed by atoms with Gasteiger partial charge in [-0.15, -0.1) is 11.3 Å². The van der Waals surface area contributed by atoms with E-state index in [-0.39, 0.29) is 46.6 Å². The fourth-order valence-electron chi connectivity index (χ4n) is 4.50. The van der Waals surface area contributed by atoms with Gasteiger partial charge in [0, 0.05) is 25.2 Å². The van der Waals surface area contributed by atoms with Gasteiger partial charge in [0.25, 0.3) is 15.9 Å². The van der Waals surface area contributed by atoms with Gasteiger partial charge in [-0.2, -0.15) is 17.5 Å². The molecule has 0 spiro atoms. The lowest BCUT2D eigenvalue weighted by atomic mass is 9.99. The van der Waals surface area contributed by atoms with Crippen LogP contribution in [0, 0.1) is 5.92 Å². The highest BCUT2D eigenvalue weighted by molar-refractivity contribution is 7.91. The molecule has 3 N–H and O–H groups in total. The van der Waals surface area contributed by atoms with Crippen LogP contribution in [0.1, 0.15) is 29.8 Å². The second-order valence-electron chi connectivity index (χ2n) is 10.2. The van der Waals surface area contributed by atoms with Crippen molar-refractivity contribution < 1.29 is 41.0 Å². The Morgan fingerprint density at radius 3 is 2.47 bits per heavy atom. The Kier molecular flexibility index (Phi) is 9.69. The summed E-state index contributed by atoms with van der Waals surface area (Å²) in [5.41, 5.74) is -0.623. The number of fused-ring (bicyclic) bond motifs is 1. The summed E-state index contributed by atoms with van der Waals surface area (Å²) in [5.74, 6) is -0.891. The summed E-state index contributed by atoms with van der Waals surface area (Å²) in [6, 6.07) is 10.1. The molecule has 43 heavy (non-hydrogen) atoms. The predicted molar refractivity (Wildman–Crippen MR) is 156 cm³/mol. The van der Waals surface area contributed by atoms with E-state index >= 15 is 0 Å². The molecule has 0 unspecified atom stereocenters. The Balaban J connectivity index is 1.65. The number of para-hydroxylation sites is 1. The average Bonchev–Trinajstić information content (AvgIpc) is 3.51. The molecule has 3 atom stereocenters. The monoisotopic (exact) mass is 640 g/mol. The number of anilines is 2. The van der Waals surface area contributed by atoms with E-state index in [1.807, 2.05) is 0 Å². The molecule has 1 aliphatic rings. The molecule has 0 aliphatic carbocycles. The van der Waals surface area contributed by atoms with Crippen LogP contribution in [0.15, 0.2) is 64.2 Å². The molecule has 2 heterocycles. The zero-order valence-corrected chi connectivity index (χ0v) is 25.1. The van der Waals surface area contributed by atoms with Gasteiger partial charge in [0.2, 0.25) is 0 Å². The maximum absolute atomic E-state index is 13.6. The molecule has 0 saturated heterocycles. The molecule has 3 amide bonds. The number of aliphatic hydroxyl groups is 1. The van der Waals surface area contributed by atoms with E-state index in [0.717, 1.165) is 39.9 Å². The van der Waals surface area contributed by atoms with Gasteiger partial charge in [-0.1, -0.05) is 19.1 Å². The summed E-state index contributed by atoms with van der Waals surface area (Å²) in [4.78, 5) is 28.0. The lowest BCUT2D eigenvalue weighted by Gasteiger charge is -2.38. The number of alkyl halides is 3. The standard InChI is InChI=1S/C28H31F3N4O6S2/c1-17-14-35(18(2)16-36)26(37)21-6-4-7-22(33-27(38)32-20-11-9-19(10-12-20)28(29,30)31)25(21)41-23(17)15-34(3)43(39,40)24-8-5-13-42-24/h4-13,17-18,23,36H,14-16H2,1-3H3,(H2,32,33,38)/t17-,18-,23-/m1/s1. The highest BCUT2D eigenvalue weighted by atomic mass is 32.2. The van der Waals surface area contributed by atoms with Crippen LogP contribution in [0.4, 0.5) is 29.3 Å². The fraction of sp³-hybridized carbons (Fsp3) is 0.357. The van der Waals surface area contributed by atoms with E-state index in [2.05, 4.69) is 10.6 Å². The summed E-state index contributed by atoms with van der Waals surface area (Å²) in [6.07, 6.45) is -5.32. The number of likely N-dealkylation sites (N-methyl/N-ethyl adjacent to an activating group) is 1. The lowest BCUT2D eigenvalue weighted by Crippen LogP contribution is -2.50. The van der Waals surface area contributed by atoms with Crippen molar-refractivity contribution in [2.24, 2.45) is 5.92 Å². The summed E-state index contributed by atoms with van der Waals surface area (Å²) in [7, 11) is -2.41. The van der Waals surface area contributed by atoms with E-state index < -0.39 is 51.8 Å². The van der Waals surface area contributed by atoms with Crippen molar-refractivity contribution in [1.82, 2.24) is 9.21 Å². The smallest absolute Gasteiger partial charge is 0.416 e. The molecule has 2 aromatic carbocycles. The summed E-state index contributed by atoms with van der Waals surface area (Å²) >= 11 is 1.08. The van der Waals surface area contributed by atoms with Crippen LogP contribution in [0.3, 0.4) is 0 Å². The van der Waals surface area contributed by atoms with E-state index in [4.69, 9.17) is 4.74 Å². The maximum atomic E-state index is 13.6. The largest absolute Gasteiger partial charge is 0.486 e. The minimum atomic E-state index is -4.53. The van der Waals surface area contributed by atoms with Crippen LogP contribution in [0.2, 0.25) is 0 Å². The molecule has 10 nitrogen and oxygen atoms in total. The van der Waals surface area contributed by atoms with Crippen molar-refractivity contribution in [3.63, 3.8) is 0 Å². The normalized spacial score (nSPS) is 18.3. The number of aliphatic hydroxyl groups excluding tert-OH is 1. The number of urea groups is 1. The van der Waals surface area contributed by atoms with Crippen LogP contribution in [0.25, 0.3) is 0 Å². The molecule has 15 heteroatoms. The second-order valence-corrected chi connectivity index (χ2v) is 13.4. The van der Waals surface area contributed by atoms with Gasteiger partial charge in [-0.25, -0.2) is 13.2 Å². The third-order valence-electron chi connectivity index (χ3n) is 7.01. The number of hydrogen-bond acceptors (Lipinski definition) is 7. The molecule has 4 rings (SSSR count). The molecular weight excluding hydrogens is 609 g/mol. The van der Waals surface area contributed by atoms with Crippen molar-refractivity contribution >= 4 is 44.7 Å². The Hall–Kier alpha value is -3.66. The first-order chi connectivity index (χ1) is 20.2. The minimum Gasteiger partial charge on any atom is -0.486 e. The van der Waals surface area contributed by atoms with E-state index in [9.17, 15) is 36.3 Å². The second kappa shape index (κ2) is 12.9. The van der Waals surface area contributed by atoms with Crippen molar-refractivity contribution in [3.05, 3.63) is 71.1 Å². The Morgan fingerprint density at radius 1 is 1.16 bits per heavy atom. The van der Waals surface area contributed by atoms with Gasteiger partial charge in [-0.3, -0.25) is 4.79 Å². The number of thiophene rings is 1. The molecule has 1 aromatic heterocycles.